The highest BCUT2D eigenvalue weighted by Crippen LogP contribution is 2.40. The monoisotopic (exact) mass is 373 g/mol. The molecule has 3 aromatic rings. The molecule has 1 aliphatic rings. The highest BCUT2D eigenvalue weighted by atomic mass is 16.1. The topological polar surface area (TPSA) is 46.9 Å². The fourth-order valence-corrected chi connectivity index (χ4v) is 4.24. The van der Waals surface area contributed by atoms with E-state index in [0.717, 1.165) is 30.6 Å². The van der Waals surface area contributed by atoms with Crippen molar-refractivity contribution in [1.29, 1.82) is 0 Å². The van der Waals surface area contributed by atoms with E-state index < -0.39 is 0 Å². The van der Waals surface area contributed by atoms with Crippen LogP contribution < -0.4 is 5.32 Å². The third kappa shape index (κ3) is 4.16. The molecule has 0 atom stereocenters. The molecule has 0 saturated heterocycles. The predicted octanol–water partition coefficient (Wildman–Crippen LogP) is 4.43. The zero-order valence-corrected chi connectivity index (χ0v) is 16.2. The van der Waals surface area contributed by atoms with Crippen molar-refractivity contribution in [3.63, 3.8) is 0 Å². The van der Waals surface area contributed by atoms with Crippen molar-refractivity contribution in [3.05, 3.63) is 84.2 Å². The molecule has 1 N–H and O–H groups in total. The molecule has 0 bridgehead atoms. The Bertz CT molecular complexity index is 896. The molecule has 4 heteroatoms. The Hall–Kier alpha value is -2.88. The van der Waals surface area contributed by atoms with Crippen LogP contribution in [0.1, 0.15) is 43.2 Å². The zero-order valence-electron chi connectivity index (χ0n) is 16.2. The lowest BCUT2D eigenvalue weighted by Gasteiger charge is -2.30. The predicted molar refractivity (Wildman–Crippen MR) is 111 cm³/mol. The lowest BCUT2D eigenvalue weighted by Crippen LogP contribution is -2.39. The lowest BCUT2D eigenvalue weighted by molar-refractivity contribution is -0.121. The number of hydrogen-bond donors (Lipinski definition) is 1. The number of aromatic nitrogens is 2. The van der Waals surface area contributed by atoms with Gasteiger partial charge in [-0.2, -0.15) is 5.10 Å². The van der Waals surface area contributed by atoms with Crippen LogP contribution in [-0.2, 0) is 16.6 Å². The maximum Gasteiger partial charge on any atom is 0.220 e. The molecule has 28 heavy (non-hydrogen) atoms. The van der Waals surface area contributed by atoms with E-state index in [1.807, 2.05) is 47.4 Å². The summed E-state index contributed by atoms with van der Waals surface area (Å²) in [6, 6.07) is 20.7. The van der Waals surface area contributed by atoms with Gasteiger partial charge < -0.3 is 5.32 Å². The van der Waals surface area contributed by atoms with Gasteiger partial charge in [0.2, 0.25) is 5.91 Å². The number of nitrogens with zero attached hydrogens (tertiary/aromatic N) is 2. The van der Waals surface area contributed by atoms with E-state index in [9.17, 15) is 4.79 Å². The molecular formula is C24H27N3O. The van der Waals surface area contributed by atoms with Gasteiger partial charge in [-0.05, 0) is 42.5 Å². The van der Waals surface area contributed by atoms with Gasteiger partial charge in [-0.3, -0.25) is 4.79 Å². The van der Waals surface area contributed by atoms with Crippen molar-refractivity contribution in [2.24, 2.45) is 0 Å². The van der Waals surface area contributed by atoms with Crippen LogP contribution in [0.15, 0.2) is 73.1 Å². The van der Waals surface area contributed by atoms with Crippen LogP contribution in [0.4, 0.5) is 0 Å². The third-order valence-electron chi connectivity index (χ3n) is 5.87. The number of para-hydroxylation sites is 1. The molecule has 4 rings (SSSR count). The van der Waals surface area contributed by atoms with Crippen molar-refractivity contribution >= 4 is 5.91 Å². The number of aryl methyl sites for hydroxylation is 1. The summed E-state index contributed by atoms with van der Waals surface area (Å²) in [4.78, 5) is 12.5. The van der Waals surface area contributed by atoms with E-state index in [1.54, 1.807) is 0 Å². The summed E-state index contributed by atoms with van der Waals surface area (Å²) >= 11 is 0. The number of carbonyl (C=O) groups excluding carboxylic acids is 1. The van der Waals surface area contributed by atoms with Crippen molar-refractivity contribution in [2.45, 2.75) is 43.9 Å². The van der Waals surface area contributed by atoms with Crippen LogP contribution in [0.25, 0.3) is 5.69 Å². The van der Waals surface area contributed by atoms with Gasteiger partial charge in [0.15, 0.2) is 0 Å². The molecule has 2 aromatic carbocycles. The fraction of sp³-hybridized carbons (Fsp3) is 0.333. The van der Waals surface area contributed by atoms with Crippen LogP contribution >= 0.6 is 0 Å². The van der Waals surface area contributed by atoms with Gasteiger partial charge in [-0.15, -0.1) is 0 Å². The van der Waals surface area contributed by atoms with Gasteiger partial charge in [-0.25, -0.2) is 4.68 Å². The van der Waals surface area contributed by atoms with Crippen molar-refractivity contribution in [3.8, 4) is 5.69 Å². The molecular weight excluding hydrogens is 346 g/mol. The van der Waals surface area contributed by atoms with Crippen LogP contribution in [0.2, 0.25) is 0 Å². The summed E-state index contributed by atoms with van der Waals surface area (Å²) < 4.78 is 1.86. The van der Waals surface area contributed by atoms with Gasteiger partial charge >= 0.3 is 0 Å². The molecule has 1 saturated carbocycles. The summed E-state index contributed by atoms with van der Waals surface area (Å²) in [6.45, 7) is 0.735. The minimum atomic E-state index is 0.106. The van der Waals surface area contributed by atoms with Gasteiger partial charge in [-0.1, -0.05) is 61.4 Å². The first-order valence-electron chi connectivity index (χ1n) is 10.2. The number of benzene rings is 2. The van der Waals surface area contributed by atoms with E-state index in [-0.39, 0.29) is 11.3 Å². The molecule has 1 heterocycles. The van der Waals surface area contributed by atoms with E-state index >= 15 is 0 Å². The highest BCUT2D eigenvalue weighted by Gasteiger charge is 2.35. The number of hydrogen-bond acceptors (Lipinski definition) is 2. The second kappa shape index (κ2) is 8.42. The Labute approximate surface area is 166 Å². The molecule has 1 amide bonds. The summed E-state index contributed by atoms with van der Waals surface area (Å²) in [7, 11) is 0. The third-order valence-corrected chi connectivity index (χ3v) is 5.87. The average molecular weight is 374 g/mol. The van der Waals surface area contributed by atoms with Gasteiger partial charge in [0.1, 0.15) is 0 Å². The van der Waals surface area contributed by atoms with E-state index in [1.165, 1.54) is 18.4 Å². The number of amides is 1. The number of rotatable bonds is 7. The van der Waals surface area contributed by atoms with Gasteiger partial charge in [0, 0.05) is 24.6 Å². The Balaban J connectivity index is 1.32. The van der Waals surface area contributed by atoms with E-state index in [0.29, 0.717) is 12.8 Å². The second-order valence-corrected chi connectivity index (χ2v) is 7.76. The maximum atomic E-state index is 12.5. The van der Waals surface area contributed by atoms with Crippen LogP contribution in [0.5, 0.6) is 0 Å². The minimum absolute atomic E-state index is 0.106. The summed E-state index contributed by atoms with van der Waals surface area (Å²) in [5.41, 5.74) is 3.58. The molecule has 0 unspecified atom stereocenters. The van der Waals surface area contributed by atoms with Crippen molar-refractivity contribution < 1.29 is 4.79 Å². The minimum Gasteiger partial charge on any atom is -0.355 e. The molecule has 0 aliphatic heterocycles. The Morgan fingerprint density at radius 3 is 2.39 bits per heavy atom. The van der Waals surface area contributed by atoms with E-state index in [4.69, 9.17) is 0 Å². The molecule has 4 nitrogen and oxygen atoms in total. The van der Waals surface area contributed by atoms with Gasteiger partial charge in [0.05, 0.1) is 11.9 Å². The SMILES string of the molecule is O=C(CCc1cnn(-c2ccccc2)c1)NCC1(c2ccccc2)CCCC1. The molecule has 0 radical (unpaired) electrons. The summed E-state index contributed by atoms with van der Waals surface area (Å²) in [5.74, 6) is 0.120. The van der Waals surface area contributed by atoms with Gasteiger partial charge in [0.25, 0.3) is 0 Å². The second-order valence-electron chi connectivity index (χ2n) is 7.76. The molecule has 144 valence electrons. The van der Waals surface area contributed by atoms with Crippen LogP contribution in [0.3, 0.4) is 0 Å². The maximum absolute atomic E-state index is 12.5. The fourth-order valence-electron chi connectivity index (χ4n) is 4.24. The summed E-state index contributed by atoms with van der Waals surface area (Å²) in [6.07, 6.45) is 9.84. The zero-order chi connectivity index (χ0) is 19.2. The molecule has 0 spiro atoms. The number of nitrogens with one attached hydrogen (secondary N) is 1. The Morgan fingerprint density at radius 1 is 1.00 bits per heavy atom. The van der Waals surface area contributed by atoms with Crippen LogP contribution in [-0.4, -0.2) is 22.2 Å². The lowest BCUT2D eigenvalue weighted by atomic mass is 9.79. The Morgan fingerprint density at radius 2 is 1.68 bits per heavy atom. The first-order valence-corrected chi connectivity index (χ1v) is 10.2. The first kappa shape index (κ1) is 18.5. The molecule has 1 aliphatic carbocycles. The smallest absolute Gasteiger partial charge is 0.220 e. The van der Waals surface area contributed by atoms with Crippen LogP contribution in [0, 0.1) is 0 Å². The largest absolute Gasteiger partial charge is 0.355 e. The van der Waals surface area contributed by atoms with Crippen molar-refractivity contribution in [2.75, 3.05) is 6.54 Å². The Kier molecular flexibility index (Phi) is 5.56. The first-order chi connectivity index (χ1) is 13.8. The number of carbonyl (C=O) groups is 1. The summed E-state index contributed by atoms with van der Waals surface area (Å²) in [5, 5.41) is 7.62. The normalized spacial score (nSPS) is 15.4. The quantitative estimate of drug-likeness (QED) is 0.666. The molecule has 1 fully saturated rings. The standard InChI is InChI=1S/C24H27N3O/c28-23(14-13-20-17-26-27(18-20)22-11-5-2-6-12-22)25-19-24(15-7-8-16-24)21-9-3-1-4-10-21/h1-6,9-12,17-18H,7-8,13-16,19H2,(H,25,28). The van der Waals surface area contributed by atoms with Crippen molar-refractivity contribution in [1.82, 2.24) is 15.1 Å². The highest BCUT2D eigenvalue weighted by molar-refractivity contribution is 5.76. The molecule has 1 aromatic heterocycles. The van der Waals surface area contributed by atoms with E-state index in [2.05, 4.69) is 40.7 Å². The average Bonchev–Trinajstić information content (AvgIpc) is 3.43.